The van der Waals surface area contributed by atoms with Gasteiger partial charge in [-0.15, -0.1) is 11.3 Å². The molecule has 0 saturated heterocycles. The summed E-state index contributed by atoms with van der Waals surface area (Å²) < 4.78 is 1.12. The van der Waals surface area contributed by atoms with Gasteiger partial charge in [-0.3, -0.25) is 0 Å². The minimum Gasteiger partial charge on any atom is -0.330 e. The van der Waals surface area contributed by atoms with Gasteiger partial charge in [0.25, 0.3) is 0 Å². The molecule has 0 aliphatic heterocycles. The summed E-state index contributed by atoms with van der Waals surface area (Å²) in [5.41, 5.74) is 7.21. The fraction of sp³-hybridized carbons (Fsp3) is 0.286. The van der Waals surface area contributed by atoms with Gasteiger partial charge in [0.05, 0.1) is 0 Å². The number of thiophene rings is 1. The third-order valence-electron chi connectivity index (χ3n) is 2.95. The van der Waals surface area contributed by atoms with Crippen LogP contribution < -0.4 is 5.73 Å². The van der Waals surface area contributed by atoms with Crippen LogP contribution in [0.5, 0.6) is 0 Å². The quantitative estimate of drug-likeness (QED) is 0.880. The normalized spacial score (nSPS) is 12.6. The Kier molecular flexibility index (Phi) is 4.77. The third-order valence-corrected chi connectivity index (χ3v) is 4.41. The molecule has 0 fully saturated rings. The highest BCUT2D eigenvalue weighted by molar-refractivity contribution is 9.10. The van der Waals surface area contributed by atoms with Gasteiger partial charge in [-0.05, 0) is 54.4 Å². The molecule has 2 aromatic rings. The van der Waals surface area contributed by atoms with Crippen LogP contribution >= 0.6 is 27.3 Å². The number of hydrogen-bond acceptors (Lipinski definition) is 2. The predicted molar refractivity (Wildman–Crippen MR) is 78.6 cm³/mol. The molecule has 3 heteroatoms. The Labute approximate surface area is 115 Å². The van der Waals surface area contributed by atoms with Crippen molar-refractivity contribution in [3.63, 3.8) is 0 Å². The molecule has 1 heterocycles. The molecule has 1 aromatic carbocycles. The highest BCUT2D eigenvalue weighted by atomic mass is 79.9. The van der Waals surface area contributed by atoms with E-state index < -0.39 is 0 Å². The molecule has 1 atom stereocenters. The summed E-state index contributed by atoms with van der Waals surface area (Å²) >= 11 is 5.28. The van der Waals surface area contributed by atoms with Gasteiger partial charge in [-0.1, -0.05) is 34.1 Å². The lowest BCUT2D eigenvalue weighted by Gasteiger charge is -2.14. The Hall–Kier alpha value is -0.640. The molecule has 2 N–H and O–H groups in total. The number of rotatable bonds is 5. The van der Waals surface area contributed by atoms with Gasteiger partial charge in [0.1, 0.15) is 0 Å². The summed E-state index contributed by atoms with van der Waals surface area (Å²) in [6, 6.07) is 12.8. The maximum atomic E-state index is 5.87. The number of benzene rings is 1. The van der Waals surface area contributed by atoms with Crippen LogP contribution in [-0.2, 0) is 6.42 Å². The van der Waals surface area contributed by atoms with E-state index in [0.29, 0.717) is 12.5 Å². The first-order chi connectivity index (χ1) is 8.29. The SMILES string of the molecule is NCC(CCc1cccs1)c1ccc(Br)cc1. The fourth-order valence-electron chi connectivity index (χ4n) is 1.93. The summed E-state index contributed by atoms with van der Waals surface area (Å²) in [5, 5.41) is 2.13. The first-order valence-electron chi connectivity index (χ1n) is 5.77. The van der Waals surface area contributed by atoms with Crippen LogP contribution in [0.2, 0.25) is 0 Å². The van der Waals surface area contributed by atoms with Gasteiger partial charge in [0.15, 0.2) is 0 Å². The minimum atomic E-state index is 0.463. The molecule has 1 unspecified atom stereocenters. The molecule has 0 spiro atoms. The average molecular weight is 310 g/mol. The van der Waals surface area contributed by atoms with E-state index in [-0.39, 0.29) is 0 Å². The summed E-state index contributed by atoms with van der Waals surface area (Å²) in [5.74, 6) is 0.463. The summed E-state index contributed by atoms with van der Waals surface area (Å²) in [6.07, 6.45) is 2.24. The van der Waals surface area contributed by atoms with Gasteiger partial charge in [0, 0.05) is 9.35 Å². The van der Waals surface area contributed by atoms with Crippen molar-refractivity contribution >= 4 is 27.3 Å². The van der Waals surface area contributed by atoms with Crippen LogP contribution in [0.25, 0.3) is 0 Å². The number of hydrogen-bond donors (Lipinski definition) is 1. The monoisotopic (exact) mass is 309 g/mol. The van der Waals surface area contributed by atoms with Crippen molar-refractivity contribution in [2.24, 2.45) is 5.73 Å². The highest BCUT2D eigenvalue weighted by Crippen LogP contribution is 2.23. The smallest absolute Gasteiger partial charge is 0.0175 e. The number of aryl methyl sites for hydroxylation is 1. The second kappa shape index (κ2) is 6.34. The van der Waals surface area contributed by atoms with Gasteiger partial charge in [0.2, 0.25) is 0 Å². The largest absolute Gasteiger partial charge is 0.330 e. The average Bonchev–Trinajstić information content (AvgIpc) is 2.85. The summed E-state index contributed by atoms with van der Waals surface area (Å²) in [6.45, 7) is 0.715. The molecule has 0 radical (unpaired) electrons. The zero-order chi connectivity index (χ0) is 12.1. The van der Waals surface area contributed by atoms with Crippen LogP contribution in [0.15, 0.2) is 46.3 Å². The van der Waals surface area contributed by atoms with Crippen molar-refractivity contribution in [3.8, 4) is 0 Å². The van der Waals surface area contributed by atoms with E-state index in [9.17, 15) is 0 Å². The summed E-state index contributed by atoms with van der Waals surface area (Å²) in [7, 11) is 0. The first-order valence-corrected chi connectivity index (χ1v) is 7.45. The molecular formula is C14H16BrNS. The molecule has 1 aromatic heterocycles. The van der Waals surface area contributed by atoms with Crippen molar-refractivity contribution < 1.29 is 0 Å². The third kappa shape index (κ3) is 3.66. The van der Waals surface area contributed by atoms with Crippen LogP contribution in [-0.4, -0.2) is 6.54 Å². The molecule has 0 bridgehead atoms. The van der Waals surface area contributed by atoms with E-state index in [2.05, 4.69) is 57.7 Å². The number of halogens is 1. The number of nitrogens with two attached hydrogens (primary N) is 1. The molecule has 17 heavy (non-hydrogen) atoms. The fourth-order valence-corrected chi connectivity index (χ4v) is 2.92. The zero-order valence-electron chi connectivity index (χ0n) is 9.60. The van der Waals surface area contributed by atoms with Crippen LogP contribution in [0.3, 0.4) is 0 Å². The Morgan fingerprint density at radius 3 is 2.53 bits per heavy atom. The van der Waals surface area contributed by atoms with Crippen LogP contribution in [0.1, 0.15) is 22.8 Å². The molecule has 0 amide bonds. The van der Waals surface area contributed by atoms with Gasteiger partial charge >= 0.3 is 0 Å². The Morgan fingerprint density at radius 2 is 1.94 bits per heavy atom. The molecular weight excluding hydrogens is 294 g/mol. The molecule has 0 saturated carbocycles. The second-order valence-electron chi connectivity index (χ2n) is 4.10. The zero-order valence-corrected chi connectivity index (χ0v) is 12.0. The van der Waals surface area contributed by atoms with Gasteiger partial charge in [-0.2, -0.15) is 0 Å². The highest BCUT2D eigenvalue weighted by Gasteiger charge is 2.09. The Morgan fingerprint density at radius 1 is 1.18 bits per heavy atom. The van der Waals surface area contributed by atoms with Crippen molar-refractivity contribution in [1.82, 2.24) is 0 Å². The van der Waals surface area contributed by atoms with E-state index in [1.165, 1.54) is 10.4 Å². The van der Waals surface area contributed by atoms with Gasteiger partial charge in [-0.25, -0.2) is 0 Å². The van der Waals surface area contributed by atoms with E-state index in [0.717, 1.165) is 17.3 Å². The molecule has 2 rings (SSSR count). The van der Waals surface area contributed by atoms with E-state index in [1.807, 2.05) is 11.3 Å². The maximum absolute atomic E-state index is 5.87. The Bertz CT molecular complexity index is 436. The lowest BCUT2D eigenvalue weighted by atomic mass is 9.94. The molecule has 0 aliphatic rings. The lowest BCUT2D eigenvalue weighted by Crippen LogP contribution is -2.13. The minimum absolute atomic E-state index is 0.463. The predicted octanol–water partition coefficient (Wildman–Crippen LogP) is 4.19. The topological polar surface area (TPSA) is 26.0 Å². The maximum Gasteiger partial charge on any atom is 0.0175 e. The van der Waals surface area contributed by atoms with E-state index in [1.54, 1.807) is 0 Å². The van der Waals surface area contributed by atoms with Crippen LogP contribution in [0, 0.1) is 0 Å². The standard InChI is InChI=1S/C14H16BrNS/c15-13-6-3-11(4-7-13)12(10-16)5-8-14-2-1-9-17-14/h1-4,6-7,9,12H,5,8,10,16H2. The molecule has 1 nitrogen and oxygen atoms in total. The van der Waals surface area contributed by atoms with Crippen molar-refractivity contribution in [3.05, 3.63) is 56.7 Å². The van der Waals surface area contributed by atoms with Crippen molar-refractivity contribution in [2.75, 3.05) is 6.54 Å². The van der Waals surface area contributed by atoms with E-state index >= 15 is 0 Å². The van der Waals surface area contributed by atoms with Crippen molar-refractivity contribution in [1.29, 1.82) is 0 Å². The molecule has 90 valence electrons. The van der Waals surface area contributed by atoms with Crippen molar-refractivity contribution in [2.45, 2.75) is 18.8 Å². The first kappa shape index (κ1) is 12.8. The molecule has 0 aliphatic carbocycles. The Balaban J connectivity index is 1.99. The summed E-state index contributed by atoms with van der Waals surface area (Å²) in [4.78, 5) is 1.44. The second-order valence-corrected chi connectivity index (χ2v) is 6.05. The van der Waals surface area contributed by atoms with E-state index in [4.69, 9.17) is 5.73 Å². The van der Waals surface area contributed by atoms with Gasteiger partial charge < -0.3 is 5.73 Å². The lowest BCUT2D eigenvalue weighted by molar-refractivity contribution is 0.637. The van der Waals surface area contributed by atoms with Crippen LogP contribution in [0.4, 0.5) is 0 Å².